The number of fused-ring (bicyclic) bond motifs is 2. The highest BCUT2D eigenvalue weighted by atomic mass is 35.5. The molecule has 2 atom stereocenters. The van der Waals surface area contributed by atoms with E-state index in [-0.39, 0.29) is 5.91 Å². The monoisotopic (exact) mass is 404 g/mol. The van der Waals surface area contributed by atoms with E-state index in [9.17, 15) is 4.79 Å². The van der Waals surface area contributed by atoms with Gasteiger partial charge in [-0.1, -0.05) is 65.3 Å². The SMILES string of the molecule is COc1ccccc1C1=NO[C@@]2(C(=O)Nc3cc(Cl)ccc32)[C@@H]1c1ccccc1. The molecule has 6 heteroatoms. The Balaban J connectivity index is 1.74. The first-order chi connectivity index (χ1) is 14.1. The summed E-state index contributed by atoms with van der Waals surface area (Å²) in [5.41, 5.74) is 2.40. The zero-order chi connectivity index (χ0) is 20.0. The Kier molecular flexibility index (Phi) is 4.07. The molecule has 3 aromatic rings. The topological polar surface area (TPSA) is 59.9 Å². The maximum Gasteiger partial charge on any atom is 0.277 e. The van der Waals surface area contributed by atoms with E-state index in [1.807, 2.05) is 60.7 Å². The third-order valence-electron chi connectivity index (χ3n) is 5.45. The van der Waals surface area contributed by atoms with Gasteiger partial charge in [0.15, 0.2) is 0 Å². The summed E-state index contributed by atoms with van der Waals surface area (Å²) in [6, 6.07) is 22.7. The Morgan fingerprint density at radius 1 is 1.07 bits per heavy atom. The summed E-state index contributed by atoms with van der Waals surface area (Å²) in [5, 5.41) is 7.88. The van der Waals surface area contributed by atoms with Gasteiger partial charge >= 0.3 is 0 Å². The van der Waals surface area contributed by atoms with Gasteiger partial charge in [-0.15, -0.1) is 0 Å². The summed E-state index contributed by atoms with van der Waals surface area (Å²) in [6.07, 6.45) is 0. The van der Waals surface area contributed by atoms with Crippen LogP contribution >= 0.6 is 11.6 Å². The van der Waals surface area contributed by atoms with Crippen molar-refractivity contribution >= 4 is 28.9 Å². The van der Waals surface area contributed by atoms with Crippen molar-refractivity contribution < 1.29 is 14.4 Å². The first-order valence-corrected chi connectivity index (χ1v) is 9.59. The zero-order valence-corrected chi connectivity index (χ0v) is 16.3. The number of benzene rings is 3. The van der Waals surface area contributed by atoms with E-state index in [1.54, 1.807) is 19.2 Å². The number of rotatable bonds is 3. The fourth-order valence-electron chi connectivity index (χ4n) is 4.18. The van der Waals surface area contributed by atoms with E-state index in [4.69, 9.17) is 21.2 Å². The average Bonchev–Trinajstić information content (AvgIpc) is 3.27. The summed E-state index contributed by atoms with van der Waals surface area (Å²) in [5.74, 6) is -0.0535. The molecule has 144 valence electrons. The quantitative estimate of drug-likeness (QED) is 0.687. The molecule has 5 rings (SSSR count). The lowest BCUT2D eigenvalue weighted by atomic mass is 9.74. The van der Waals surface area contributed by atoms with Gasteiger partial charge in [0.05, 0.1) is 18.7 Å². The van der Waals surface area contributed by atoms with Crippen LogP contribution in [0.15, 0.2) is 78.0 Å². The molecule has 1 spiro atoms. The van der Waals surface area contributed by atoms with Crippen LogP contribution in [0.5, 0.6) is 5.75 Å². The van der Waals surface area contributed by atoms with E-state index in [0.29, 0.717) is 22.2 Å². The van der Waals surface area contributed by atoms with Crippen LogP contribution in [0, 0.1) is 0 Å². The van der Waals surface area contributed by atoms with E-state index in [0.717, 1.165) is 16.7 Å². The van der Waals surface area contributed by atoms with Gasteiger partial charge in [-0.2, -0.15) is 0 Å². The Morgan fingerprint density at radius 3 is 2.62 bits per heavy atom. The van der Waals surface area contributed by atoms with E-state index in [1.165, 1.54) is 0 Å². The molecule has 0 saturated carbocycles. The van der Waals surface area contributed by atoms with Crippen LogP contribution in [0.1, 0.15) is 22.6 Å². The highest BCUT2D eigenvalue weighted by molar-refractivity contribution is 6.31. The molecule has 3 aromatic carbocycles. The maximum absolute atomic E-state index is 13.3. The number of nitrogens with one attached hydrogen (secondary N) is 1. The van der Waals surface area contributed by atoms with Gasteiger partial charge in [-0.3, -0.25) is 4.79 Å². The summed E-state index contributed by atoms with van der Waals surface area (Å²) < 4.78 is 5.55. The number of hydrogen-bond acceptors (Lipinski definition) is 4. The van der Waals surface area contributed by atoms with Crippen molar-refractivity contribution in [1.82, 2.24) is 0 Å². The smallest absolute Gasteiger partial charge is 0.277 e. The molecule has 5 nitrogen and oxygen atoms in total. The molecule has 1 N–H and O–H groups in total. The number of carbonyl (C=O) groups is 1. The molecule has 0 fully saturated rings. The van der Waals surface area contributed by atoms with Crippen molar-refractivity contribution in [1.29, 1.82) is 0 Å². The molecule has 0 unspecified atom stereocenters. The van der Waals surface area contributed by atoms with Crippen molar-refractivity contribution in [2.75, 3.05) is 12.4 Å². The lowest BCUT2D eigenvalue weighted by Gasteiger charge is -2.28. The van der Waals surface area contributed by atoms with Gasteiger partial charge in [-0.05, 0) is 29.8 Å². The molecule has 0 saturated heterocycles. The van der Waals surface area contributed by atoms with Crippen molar-refractivity contribution in [3.63, 3.8) is 0 Å². The number of amides is 1. The molecule has 29 heavy (non-hydrogen) atoms. The zero-order valence-electron chi connectivity index (χ0n) is 15.6. The van der Waals surface area contributed by atoms with Crippen LogP contribution in [0.3, 0.4) is 0 Å². The number of oxime groups is 1. The van der Waals surface area contributed by atoms with Gasteiger partial charge in [0, 0.05) is 16.1 Å². The summed E-state index contributed by atoms with van der Waals surface area (Å²) in [4.78, 5) is 19.3. The summed E-state index contributed by atoms with van der Waals surface area (Å²) in [7, 11) is 1.61. The molecule has 0 radical (unpaired) electrons. The fourth-order valence-corrected chi connectivity index (χ4v) is 4.35. The first-order valence-electron chi connectivity index (χ1n) is 9.21. The standard InChI is InChI=1S/C23H17ClN2O3/c1-28-19-10-6-5-9-16(19)21-20(14-7-3-2-4-8-14)23(29-26-21)17-12-11-15(24)13-18(17)25-22(23)27/h2-13,20H,1H3,(H,25,27)/t20-,23-/m1/s1. The van der Waals surface area contributed by atoms with Crippen molar-refractivity contribution in [2.24, 2.45) is 5.16 Å². The Labute approximate surface area is 172 Å². The molecular formula is C23H17ClN2O3. The molecule has 2 aliphatic heterocycles. The number of ether oxygens (including phenoxy) is 1. The Morgan fingerprint density at radius 2 is 1.83 bits per heavy atom. The summed E-state index contributed by atoms with van der Waals surface area (Å²) in [6.45, 7) is 0. The molecule has 0 aromatic heterocycles. The maximum atomic E-state index is 13.3. The first kappa shape index (κ1) is 17.8. The van der Waals surface area contributed by atoms with Crippen LogP contribution < -0.4 is 10.1 Å². The molecular weight excluding hydrogens is 388 g/mol. The van der Waals surface area contributed by atoms with Gasteiger partial charge in [0.25, 0.3) is 11.5 Å². The second-order valence-corrected chi connectivity index (χ2v) is 7.43. The lowest BCUT2D eigenvalue weighted by molar-refractivity contribution is -0.139. The highest BCUT2D eigenvalue weighted by Gasteiger charge is 2.61. The summed E-state index contributed by atoms with van der Waals surface area (Å²) >= 11 is 6.15. The Hall–Kier alpha value is -3.31. The number of halogens is 1. The van der Waals surface area contributed by atoms with Crippen LogP contribution in [-0.4, -0.2) is 18.7 Å². The van der Waals surface area contributed by atoms with Gasteiger partial charge in [-0.25, -0.2) is 0 Å². The molecule has 1 amide bonds. The minimum atomic E-state index is -1.31. The van der Waals surface area contributed by atoms with Crippen LogP contribution in [0.2, 0.25) is 5.02 Å². The molecule has 2 aliphatic rings. The van der Waals surface area contributed by atoms with Crippen molar-refractivity contribution in [2.45, 2.75) is 11.5 Å². The second kappa shape index (κ2) is 6.64. The van der Waals surface area contributed by atoms with Crippen LogP contribution in [-0.2, 0) is 15.2 Å². The highest BCUT2D eigenvalue weighted by Crippen LogP contribution is 2.53. The number of methoxy groups -OCH3 is 1. The number of para-hydroxylation sites is 1. The van der Waals surface area contributed by atoms with Crippen molar-refractivity contribution in [3.05, 3.63) is 94.5 Å². The van der Waals surface area contributed by atoms with Gasteiger partial charge in [0.1, 0.15) is 11.5 Å². The number of anilines is 1. The van der Waals surface area contributed by atoms with Crippen LogP contribution in [0.25, 0.3) is 0 Å². The van der Waals surface area contributed by atoms with E-state index < -0.39 is 11.5 Å². The largest absolute Gasteiger partial charge is 0.496 e. The van der Waals surface area contributed by atoms with E-state index >= 15 is 0 Å². The predicted octanol–water partition coefficient (Wildman–Crippen LogP) is 4.71. The number of hydrogen-bond donors (Lipinski definition) is 1. The number of nitrogens with zero attached hydrogens (tertiary/aromatic N) is 1. The predicted molar refractivity (Wildman–Crippen MR) is 112 cm³/mol. The molecule has 0 aliphatic carbocycles. The minimum Gasteiger partial charge on any atom is -0.496 e. The average molecular weight is 405 g/mol. The minimum absolute atomic E-state index is 0.266. The molecule has 2 heterocycles. The normalized spacial score (nSPS) is 22.1. The fraction of sp³-hybridized carbons (Fsp3) is 0.130. The van der Waals surface area contributed by atoms with Gasteiger partial charge in [0.2, 0.25) is 0 Å². The lowest BCUT2D eigenvalue weighted by Crippen LogP contribution is -2.41. The Bertz CT molecular complexity index is 1150. The van der Waals surface area contributed by atoms with Gasteiger partial charge < -0.3 is 14.9 Å². The molecule has 0 bridgehead atoms. The van der Waals surface area contributed by atoms with E-state index in [2.05, 4.69) is 10.5 Å². The number of carbonyl (C=O) groups excluding carboxylic acids is 1. The van der Waals surface area contributed by atoms with Crippen LogP contribution in [0.4, 0.5) is 5.69 Å². The van der Waals surface area contributed by atoms with Crippen molar-refractivity contribution in [3.8, 4) is 5.75 Å². The third kappa shape index (κ3) is 2.54. The second-order valence-electron chi connectivity index (χ2n) is 6.99. The third-order valence-corrected chi connectivity index (χ3v) is 5.69.